The van der Waals surface area contributed by atoms with Gasteiger partial charge in [0.25, 0.3) is 0 Å². The maximum absolute atomic E-state index is 12.4. The summed E-state index contributed by atoms with van der Waals surface area (Å²) in [7, 11) is 0. The normalized spacial score (nSPS) is 11.5. The molecule has 0 unspecified atom stereocenters. The summed E-state index contributed by atoms with van der Waals surface area (Å²) in [4.78, 5) is 4.05. The molecule has 99 valence electrons. The maximum atomic E-state index is 12.4. The summed E-state index contributed by atoms with van der Waals surface area (Å²) in [6.45, 7) is 0. The van der Waals surface area contributed by atoms with Gasteiger partial charge in [-0.15, -0.1) is 11.8 Å². The summed E-state index contributed by atoms with van der Waals surface area (Å²) in [6, 6.07) is 11.2. The van der Waals surface area contributed by atoms with Crippen LogP contribution in [0.2, 0.25) is 0 Å². The number of alkyl halides is 3. The summed E-state index contributed by atoms with van der Waals surface area (Å²) < 4.78 is 37.1. The number of anilines is 1. The van der Waals surface area contributed by atoms with E-state index in [0.717, 1.165) is 22.7 Å². The van der Waals surface area contributed by atoms with Crippen LogP contribution < -0.4 is 5.73 Å². The van der Waals surface area contributed by atoms with E-state index < -0.39 is 11.7 Å². The van der Waals surface area contributed by atoms with E-state index in [0.29, 0.717) is 11.6 Å². The van der Waals surface area contributed by atoms with E-state index in [1.807, 2.05) is 0 Å². The van der Waals surface area contributed by atoms with Gasteiger partial charge in [0, 0.05) is 11.8 Å². The van der Waals surface area contributed by atoms with Crippen molar-refractivity contribution < 1.29 is 13.2 Å². The molecule has 19 heavy (non-hydrogen) atoms. The molecule has 0 amide bonds. The highest BCUT2D eigenvalue weighted by Gasteiger charge is 2.29. The molecule has 1 heterocycles. The summed E-state index contributed by atoms with van der Waals surface area (Å²) in [5, 5.41) is 0.719. The van der Waals surface area contributed by atoms with E-state index in [1.165, 1.54) is 23.9 Å². The standard InChI is InChI=1S/C13H10F3N2S/c14-13(15,16)10-6-4-9(5-7-10)8-19-12-3-1-2-11(17)18-12/h1,3-7H,8H2,(H2,17,18). The van der Waals surface area contributed by atoms with Gasteiger partial charge in [-0.1, -0.05) is 12.1 Å². The second kappa shape index (κ2) is 5.52. The molecule has 0 spiro atoms. The lowest BCUT2D eigenvalue weighted by atomic mass is 10.1. The van der Waals surface area contributed by atoms with Gasteiger partial charge in [0.15, 0.2) is 0 Å². The van der Waals surface area contributed by atoms with Crippen LogP contribution in [0.1, 0.15) is 11.1 Å². The Morgan fingerprint density at radius 3 is 2.42 bits per heavy atom. The number of halogens is 3. The van der Waals surface area contributed by atoms with Crippen LogP contribution in [0.5, 0.6) is 0 Å². The van der Waals surface area contributed by atoms with E-state index >= 15 is 0 Å². The smallest absolute Gasteiger partial charge is 0.383 e. The zero-order chi connectivity index (χ0) is 13.9. The fourth-order valence-electron chi connectivity index (χ4n) is 1.41. The lowest BCUT2D eigenvalue weighted by Gasteiger charge is -2.07. The molecule has 0 aliphatic rings. The quantitative estimate of drug-likeness (QED) is 0.871. The molecule has 1 aromatic carbocycles. The van der Waals surface area contributed by atoms with Gasteiger partial charge in [-0.05, 0) is 29.8 Å². The van der Waals surface area contributed by atoms with E-state index in [2.05, 4.69) is 11.1 Å². The van der Waals surface area contributed by atoms with Crippen LogP contribution >= 0.6 is 11.8 Å². The number of thioether (sulfide) groups is 1. The summed E-state index contributed by atoms with van der Waals surface area (Å²) in [5.74, 6) is 0.839. The Labute approximate surface area is 112 Å². The number of aromatic nitrogens is 1. The van der Waals surface area contributed by atoms with Gasteiger partial charge >= 0.3 is 6.18 Å². The van der Waals surface area contributed by atoms with Gasteiger partial charge in [0.05, 0.1) is 10.6 Å². The average molecular weight is 283 g/mol. The molecule has 0 bridgehead atoms. The summed E-state index contributed by atoms with van der Waals surface area (Å²) in [5.41, 5.74) is 5.65. The van der Waals surface area contributed by atoms with E-state index in [1.54, 1.807) is 12.1 Å². The van der Waals surface area contributed by atoms with Crippen LogP contribution in [0, 0.1) is 6.07 Å². The first kappa shape index (κ1) is 13.7. The van der Waals surface area contributed by atoms with Crippen LogP contribution in [0.15, 0.2) is 41.4 Å². The minimum atomic E-state index is -4.29. The van der Waals surface area contributed by atoms with Crippen molar-refractivity contribution in [2.24, 2.45) is 0 Å². The molecule has 0 aliphatic heterocycles. The van der Waals surface area contributed by atoms with Crippen LogP contribution in [0.4, 0.5) is 19.0 Å². The van der Waals surface area contributed by atoms with Crippen molar-refractivity contribution in [3.63, 3.8) is 0 Å². The molecule has 0 aliphatic carbocycles. The zero-order valence-electron chi connectivity index (χ0n) is 9.74. The van der Waals surface area contributed by atoms with Crippen LogP contribution in [0.25, 0.3) is 0 Å². The molecule has 6 heteroatoms. The molecule has 2 aromatic rings. The fraction of sp³-hybridized carbons (Fsp3) is 0.154. The number of rotatable bonds is 3. The predicted octanol–water partition coefficient (Wildman–Crippen LogP) is 3.78. The number of nitrogens with two attached hydrogens (primary N) is 1. The molecule has 2 nitrogen and oxygen atoms in total. The first-order valence-electron chi connectivity index (χ1n) is 5.38. The van der Waals surface area contributed by atoms with Gasteiger partial charge in [-0.2, -0.15) is 13.2 Å². The van der Waals surface area contributed by atoms with Gasteiger partial charge in [0.1, 0.15) is 5.82 Å². The summed E-state index contributed by atoms with van der Waals surface area (Å²) >= 11 is 1.41. The third kappa shape index (κ3) is 3.89. The molecule has 2 N–H and O–H groups in total. The highest BCUT2D eigenvalue weighted by atomic mass is 32.2. The first-order chi connectivity index (χ1) is 8.95. The SMILES string of the molecule is Nc1[c]ccc(SCc2ccc(C(F)(F)F)cc2)n1. The third-order valence-electron chi connectivity index (χ3n) is 2.36. The van der Waals surface area contributed by atoms with Gasteiger partial charge < -0.3 is 5.73 Å². The van der Waals surface area contributed by atoms with Crippen molar-refractivity contribution in [3.05, 3.63) is 53.6 Å². The topological polar surface area (TPSA) is 38.9 Å². The van der Waals surface area contributed by atoms with Crippen molar-refractivity contribution in [1.29, 1.82) is 0 Å². The van der Waals surface area contributed by atoms with Gasteiger partial charge in [-0.25, -0.2) is 4.98 Å². The molecule has 2 rings (SSSR count). The van der Waals surface area contributed by atoms with Crippen molar-refractivity contribution in [2.45, 2.75) is 17.0 Å². The summed E-state index contributed by atoms with van der Waals surface area (Å²) in [6.07, 6.45) is -4.29. The Bertz CT molecular complexity index is 553. The molecule has 0 saturated heterocycles. The maximum Gasteiger partial charge on any atom is 0.416 e. The fourth-order valence-corrected chi connectivity index (χ4v) is 2.25. The van der Waals surface area contributed by atoms with Gasteiger partial charge in [-0.3, -0.25) is 0 Å². The number of pyridine rings is 1. The zero-order valence-corrected chi connectivity index (χ0v) is 10.6. The van der Waals surface area contributed by atoms with Gasteiger partial charge in [0.2, 0.25) is 0 Å². The molecular formula is C13H10F3N2S. The lowest BCUT2D eigenvalue weighted by molar-refractivity contribution is -0.137. The van der Waals surface area contributed by atoms with Crippen LogP contribution in [-0.2, 0) is 11.9 Å². The number of nitrogens with zero attached hydrogens (tertiary/aromatic N) is 1. The second-order valence-corrected chi connectivity index (χ2v) is 4.79. The Morgan fingerprint density at radius 1 is 1.16 bits per heavy atom. The van der Waals surface area contributed by atoms with Crippen molar-refractivity contribution in [3.8, 4) is 0 Å². The van der Waals surface area contributed by atoms with E-state index in [-0.39, 0.29) is 0 Å². The largest absolute Gasteiger partial charge is 0.416 e. The number of benzene rings is 1. The van der Waals surface area contributed by atoms with Crippen molar-refractivity contribution >= 4 is 17.6 Å². The average Bonchev–Trinajstić information content (AvgIpc) is 2.36. The van der Waals surface area contributed by atoms with Crippen molar-refractivity contribution in [2.75, 3.05) is 5.73 Å². The van der Waals surface area contributed by atoms with Crippen LogP contribution in [0.3, 0.4) is 0 Å². The molecule has 0 atom stereocenters. The molecule has 1 aromatic heterocycles. The lowest BCUT2D eigenvalue weighted by Crippen LogP contribution is -2.04. The minimum Gasteiger partial charge on any atom is -0.383 e. The second-order valence-electron chi connectivity index (χ2n) is 3.80. The minimum absolute atomic E-state index is 0.303. The third-order valence-corrected chi connectivity index (χ3v) is 3.36. The van der Waals surface area contributed by atoms with E-state index in [4.69, 9.17) is 5.73 Å². The highest BCUT2D eigenvalue weighted by molar-refractivity contribution is 7.98. The molecule has 0 saturated carbocycles. The predicted molar refractivity (Wildman–Crippen MR) is 68.5 cm³/mol. The number of hydrogen-bond donors (Lipinski definition) is 1. The Kier molecular flexibility index (Phi) is 3.99. The highest BCUT2D eigenvalue weighted by Crippen LogP contribution is 2.30. The Morgan fingerprint density at radius 2 is 1.84 bits per heavy atom. The van der Waals surface area contributed by atoms with Crippen LogP contribution in [-0.4, -0.2) is 4.98 Å². The van der Waals surface area contributed by atoms with E-state index in [9.17, 15) is 13.2 Å². The monoisotopic (exact) mass is 283 g/mol. The Balaban J connectivity index is 2.01. The molecule has 1 radical (unpaired) electrons. The van der Waals surface area contributed by atoms with Crippen molar-refractivity contribution in [1.82, 2.24) is 4.98 Å². The first-order valence-corrected chi connectivity index (χ1v) is 6.37. The molecule has 0 fully saturated rings. The number of nitrogen functional groups attached to an aromatic ring is 1. The number of hydrogen-bond acceptors (Lipinski definition) is 3. The Hall–Kier alpha value is -1.69. The molecular weight excluding hydrogens is 273 g/mol.